The number of Topliss-reactive ketones (excluding diaryl/α,β-unsaturated/α-hetero) is 1. The number of ether oxygens (including phenoxy) is 2. The van der Waals surface area contributed by atoms with Gasteiger partial charge in [-0.15, -0.1) is 10.2 Å². The van der Waals surface area contributed by atoms with Gasteiger partial charge in [0.15, 0.2) is 16.8 Å². The maximum absolute atomic E-state index is 13.2. The maximum Gasteiger partial charge on any atom is 0.196 e. The maximum atomic E-state index is 13.2. The molecule has 182 valence electrons. The second-order valence-electron chi connectivity index (χ2n) is 8.38. The molecule has 2 heterocycles. The van der Waals surface area contributed by atoms with Gasteiger partial charge in [0.1, 0.15) is 5.75 Å². The highest BCUT2D eigenvalue weighted by Crippen LogP contribution is 2.30. The summed E-state index contributed by atoms with van der Waals surface area (Å²) in [6.07, 6.45) is 0. The van der Waals surface area contributed by atoms with Gasteiger partial charge >= 0.3 is 0 Å². The molecule has 0 bridgehead atoms. The minimum Gasteiger partial charge on any atom is -0.497 e. The van der Waals surface area contributed by atoms with E-state index in [4.69, 9.17) is 9.47 Å². The number of aromatic nitrogens is 4. The number of carbonyl (C=O) groups is 1. The first-order valence-electron chi connectivity index (χ1n) is 11.4. The highest BCUT2D eigenvalue weighted by Gasteiger charge is 2.21. The van der Waals surface area contributed by atoms with Crippen molar-refractivity contribution in [2.24, 2.45) is 0 Å². The van der Waals surface area contributed by atoms with E-state index >= 15 is 0 Å². The van der Waals surface area contributed by atoms with Gasteiger partial charge in [-0.3, -0.25) is 9.36 Å². The first-order chi connectivity index (χ1) is 16.9. The van der Waals surface area contributed by atoms with Crippen LogP contribution >= 0.6 is 11.8 Å². The number of rotatable bonds is 10. The van der Waals surface area contributed by atoms with Crippen LogP contribution in [0, 0.1) is 13.8 Å². The lowest BCUT2D eigenvalue weighted by molar-refractivity contribution is 0.102. The molecule has 0 saturated heterocycles. The Morgan fingerprint density at radius 1 is 1.03 bits per heavy atom. The molecule has 0 radical (unpaired) electrons. The lowest BCUT2D eigenvalue weighted by Gasteiger charge is -2.17. The minimum absolute atomic E-state index is 0.0626. The van der Waals surface area contributed by atoms with E-state index in [0.29, 0.717) is 17.6 Å². The Kier molecular flexibility index (Phi) is 7.73. The molecule has 0 aliphatic carbocycles. The van der Waals surface area contributed by atoms with Crippen LogP contribution in [-0.2, 0) is 4.74 Å². The standard InChI is InChI=1S/C27H30N4O3S/c1-18-15-24(20(3)30(18)19(2)16-33-4)25(32)17-35-27-29-28-26(21-11-13-23(34-5)14-12-21)31(27)22-9-7-6-8-10-22/h6-15,19H,16-17H2,1-5H3. The highest BCUT2D eigenvalue weighted by molar-refractivity contribution is 7.99. The molecule has 0 spiro atoms. The smallest absolute Gasteiger partial charge is 0.196 e. The first-order valence-corrected chi connectivity index (χ1v) is 12.4. The van der Waals surface area contributed by atoms with Crippen LogP contribution in [0.4, 0.5) is 0 Å². The second-order valence-corrected chi connectivity index (χ2v) is 9.32. The third-order valence-corrected chi connectivity index (χ3v) is 6.89. The fourth-order valence-electron chi connectivity index (χ4n) is 4.36. The number of hydrogen-bond donors (Lipinski definition) is 0. The molecule has 2 aromatic carbocycles. The van der Waals surface area contributed by atoms with E-state index in [9.17, 15) is 4.79 Å². The van der Waals surface area contributed by atoms with Gasteiger partial charge in [0.2, 0.25) is 0 Å². The van der Waals surface area contributed by atoms with Gasteiger partial charge in [0, 0.05) is 35.3 Å². The first kappa shape index (κ1) is 24.8. The zero-order valence-electron chi connectivity index (χ0n) is 20.7. The number of ketones is 1. The highest BCUT2D eigenvalue weighted by atomic mass is 32.2. The van der Waals surface area contributed by atoms with Gasteiger partial charge < -0.3 is 14.0 Å². The summed E-state index contributed by atoms with van der Waals surface area (Å²) in [7, 11) is 3.33. The monoisotopic (exact) mass is 490 g/mol. The predicted molar refractivity (Wildman–Crippen MR) is 139 cm³/mol. The zero-order valence-corrected chi connectivity index (χ0v) is 21.5. The van der Waals surface area contributed by atoms with Gasteiger partial charge in [-0.1, -0.05) is 30.0 Å². The minimum atomic E-state index is 0.0626. The number of thioether (sulfide) groups is 1. The van der Waals surface area contributed by atoms with Crippen molar-refractivity contribution in [3.8, 4) is 22.8 Å². The van der Waals surface area contributed by atoms with Crippen LogP contribution < -0.4 is 4.74 Å². The Bertz CT molecular complexity index is 1300. The Morgan fingerprint density at radius 3 is 2.40 bits per heavy atom. The van der Waals surface area contributed by atoms with Crippen LogP contribution in [-0.4, -0.2) is 51.7 Å². The van der Waals surface area contributed by atoms with Crippen molar-refractivity contribution in [1.82, 2.24) is 19.3 Å². The molecule has 35 heavy (non-hydrogen) atoms. The average molecular weight is 491 g/mol. The van der Waals surface area contributed by atoms with Crippen LogP contribution in [0.15, 0.2) is 65.8 Å². The Balaban J connectivity index is 1.62. The molecular weight excluding hydrogens is 460 g/mol. The fraction of sp³-hybridized carbons (Fsp3) is 0.296. The third-order valence-electron chi connectivity index (χ3n) is 5.96. The Hall–Kier alpha value is -3.36. The number of hydrogen-bond acceptors (Lipinski definition) is 6. The summed E-state index contributed by atoms with van der Waals surface area (Å²) in [6, 6.07) is 19.8. The quantitative estimate of drug-likeness (QED) is 0.215. The Morgan fingerprint density at radius 2 is 1.74 bits per heavy atom. The lowest BCUT2D eigenvalue weighted by atomic mass is 10.2. The van der Waals surface area contributed by atoms with Crippen LogP contribution in [0.1, 0.15) is 34.7 Å². The van der Waals surface area contributed by atoms with E-state index in [2.05, 4.69) is 21.7 Å². The molecule has 4 rings (SSSR count). The van der Waals surface area contributed by atoms with Gasteiger partial charge in [0.25, 0.3) is 0 Å². The summed E-state index contributed by atoms with van der Waals surface area (Å²) in [5.41, 5.74) is 4.59. The summed E-state index contributed by atoms with van der Waals surface area (Å²) in [6.45, 7) is 6.70. The van der Waals surface area contributed by atoms with Crippen molar-refractivity contribution >= 4 is 17.5 Å². The van der Waals surface area contributed by atoms with Crippen molar-refractivity contribution in [3.05, 3.63) is 77.6 Å². The summed E-state index contributed by atoms with van der Waals surface area (Å²) in [5.74, 6) is 1.81. The SMILES string of the molecule is COCC(C)n1c(C)cc(C(=O)CSc2nnc(-c3ccc(OC)cc3)n2-c2ccccc2)c1C. The topological polar surface area (TPSA) is 71.2 Å². The van der Waals surface area contributed by atoms with E-state index in [-0.39, 0.29) is 17.6 Å². The molecule has 4 aromatic rings. The van der Waals surface area contributed by atoms with Crippen molar-refractivity contribution in [2.45, 2.75) is 32.0 Å². The van der Waals surface area contributed by atoms with Crippen LogP contribution in [0.25, 0.3) is 17.1 Å². The number of aryl methyl sites for hydroxylation is 1. The van der Waals surface area contributed by atoms with Crippen LogP contribution in [0.3, 0.4) is 0 Å². The summed E-state index contributed by atoms with van der Waals surface area (Å²) < 4.78 is 14.8. The van der Waals surface area contributed by atoms with Gasteiger partial charge in [-0.2, -0.15) is 0 Å². The predicted octanol–water partition coefficient (Wildman–Crippen LogP) is 5.54. The van der Waals surface area contributed by atoms with Crippen molar-refractivity contribution in [1.29, 1.82) is 0 Å². The molecule has 7 nitrogen and oxygen atoms in total. The van der Waals surface area contributed by atoms with Gasteiger partial charge in [-0.25, -0.2) is 0 Å². The van der Waals surface area contributed by atoms with E-state index in [1.165, 1.54) is 11.8 Å². The van der Waals surface area contributed by atoms with E-state index in [1.807, 2.05) is 79.1 Å². The molecule has 0 saturated carbocycles. The molecule has 0 aliphatic rings. The molecule has 0 fully saturated rings. The molecule has 1 atom stereocenters. The molecule has 0 N–H and O–H groups in total. The molecule has 1 unspecified atom stereocenters. The molecular formula is C27H30N4O3S. The summed E-state index contributed by atoms with van der Waals surface area (Å²) in [5, 5.41) is 9.58. The number of para-hydroxylation sites is 1. The van der Waals surface area contributed by atoms with Crippen LogP contribution in [0.2, 0.25) is 0 Å². The van der Waals surface area contributed by atoms with E-state index < -0.39 is 0 Å². The van der Waals surface area contributed by atoms with Gasteiger partial charge in [0.05, 0.1) is 25.5 Å². The largest absolute Gasteiger partial charge is 0.497 e. The number of nitrogens with zero attached hydrogens (tertiary/aromatic N) is 4. The number of carbonyl (C=O) groups excluding carboxylic acids is 1. The number of benzene rings is 2. The molecule has 0 amide bonds. The van der Waals surface area contributed by atoms with Crippen molar-refractivity contribution < 1.29 is 14.3 Å². The summed E-state index contributed by atoms with van der Waals surface area (Å²) in [4.78, 5) is 13.2. The van der Waals surface area contributed by atoms with E-state index in [1.54, 1.807) is 14.2 Å². The number of methoxy groups -OCH3 is 2. The van der Waals surface area contributed by atoms with Crippen molar-refractivity contribution in [2.75, 3.05) is 26.6 Å². The fourth-order valence-corrected chi connectivity index (χ4v) is 5.20. The third kappa shape index (κ3) is 5.18. The summed E-state index contributed by atoms with van der Waals surface area (Å²) >= 11 is 1.39. The second kappa shape index (κ2) is 10.9. The lowest BCUT2D eigenvalue weighted by Crippen LogP contribution is -2.14. The van der Waals surface area contributed by atoms with Crippen molar-refractivity contribution in [3.63, 3.8) is 0 Å². The van der Waals surface area contributed by atoms with Gasteiger partial charge in [-0.05, 0) is 63.2 Å². The average Bonchev–Trinajstić information content (AvgIpc) is 3.43. The zero-order chi connectivity index (χ0) is 24.9. The normalized spacial score (nSPS) is 12.0. The van der Waals surface area contributed by atoms with Crippen LogP contribution in [0.5, 0.6) is 5.75 Å². The van der Waals surface area contributed by atoms with E-state index in [0.717, 1.165) is 34.0 Å². The molecule has 2 aromatic heterocycles. The molecule has 8 heteroatoms. The molecule has 0 aliphatic heterocycles. The Labute approximate surface area is 210 Å².